The SMILES string of the molecule is N[C@H](C(=O)NC1CCN2CCCC12)c1ccccc1. The van der Waals surface area contributed by atoms with Gasteiger partial charge in [-0.25, -0.2) is 0 Å². The lowest BCUT2D eigenvalue weighted by Gasteiger charge is -2.23. The number of fused-ring (bicyclic) bond motifs is 1. The lowest BCUT2D eigenvalue weighted by molar-refractivity contribution is -0.123. The number of nitrogens with one attached hydrogen (secondary N) is 1. The second kappa shape index (κ2) is 5.31. The average Bonchev–Trinajstić information content (AvgIpc) is 3.04. The number of rotatable bonds is 3. The topological polar surface area (TPSA) is 58.4 Å². The van der Waals surface area contributed by atoms with Crippen LogP contribution in [0.1, 0.15) is 30.9 Å². The third-order valence-corrected chi connectivity index (χ3v) is 4.37. The molecule has 0 saturated carbocycles. The van der Waals surface area contributed by atoms with Crippen molar-refractivity contribution in [3.05, 3.63) is 35.9 Å². The maximum atomic E-state index is 12.2. The van der Waals surface area contributed by atoms with Crippen LogP contribution in [-0.2, 0) is 4.79 Å². The van der Waals surface area contributed by atoms with E-state index in [4.69, 9.17) is 5.73 Å². The molecule has 0 spiro atoms. The Morgan fingerprint density at radius 2 is 2.05 bits per heavy atom. The summed E-state index contributed by atoms with van der Waals surface area (Å²) in [5.74, 6) is -0.0510. The van der Waals surface area contributed by atoms with Gasteiger partial charge in [-0.3, -0.25) is 9.69 Å². The van der Waals surface area contributed by atoms with Gasteiger partial charge in [0.25, 0.3) is 0 Å². The molecule has 102 valence electrons. The van der Waals surface area contributed by atoms with Gasteiger partial charge in [0.2, 0.25) is 5.91 Å². The summed E-state index contributed by atoms with van der Waals surface area (Å²) in [6, 6.07) is 9.82. The Hall–Kier alpha value is -1.39. The molecule has 2 aliphatic rings. The van der Waals surface area contributed by atoms with Crippen LogP contribution in [0.4, 0.5) is 0 Å². The lowest BCUT2D eigenvalue weighted by Crippen LogP contribution is -2.45. The Kier molecular flexibility index (Phi) is 3.53. The van der Waals surface area contributed by atoms with Crippen LogP contribution in [0.25, 0.3) is 0 Å². The van der Waals surface area contributed by atoms with Gasteiger partial charge in [-0.15, -0.1) is 0 Å². The summed E-state index contributed by atoms with van der Waals surface area (Å²) in [6.07, 6.45) is 3.51. The molecule has 2 saturated heterocycles. The highest BCUT2D eigenvalue weighted by atomic mass is 16.2. The zero-order valence-corrected chi connectivity index (χ0v) is 11.1. The molecule has 1 amide bonds. The van der Waals surface area contributed by atoms with Gasteiger partial charge in [0.15, 0.2) is 0 Å². The van der Waals surface area contributed by atoms with Crippen molar-refractivity contribution >= 4 is 5.91 Å². The first-order chi connectivity index (χ1) is 9.25. The molecule has 0 aliphatic carbocycles. The van der Waals surface area contributed by atoms with Crippen LogP contribution in [-0.4, -0.2) is 36.0 Å². The second-order valence-electron chi connectivity index (χ2n) is 5.54. The molecule has 1 aromatic carbocycles. The van der Waals surface area contributed by atoms with E-state index in [0.29, 0.717) is 6.04 Å². The molecule has 1 aromatic rings. The van der Waals surface area contributed by atoms with E-state index in [1.165, 1.54) is 19.4 Å². The minimum absolute atomic E-state index is 0.0510. The Morgan fingerprint density at radius 3 is 2.84 bits per heavy atom. The number of carbonyl (C=O) groups is 1. The highest BCUT2D eigenvalue weighted by Crippen LogP contribution is 2.28. The molecular weight excluding hydrogens is 238 g/mol. The van der Waals surface area contributed by atoms with E-state index in [9.17, 15) is 4.79 Å². The molecule has 0 aromatic heterocycles. The summed E-state index contributed by atoms with van der Waals surface area (Å²) in [4.78, 5) is 14.7. The number of nitrogens with zero attached hydrogens (tertiary/aromatic N) is 1. The van der Waals surface area contributed by atoms with Gasteiger partial charge in [-0.05, 0) is 31.4 Å². The van der Waals surface area contributed by atoms with Crippen molar-refractivity contribution < 1.29 is 4.79 Å². The van der Waals surface area contributed by atoms with Crippen molar-refractivity contribution in [3.63, 3.8) is 0 Å². The van der Waals surface area contributed by atoms with E-state index < -0.39 is 6.04 Å². The number of benzene rings is 1. The van der Waals surface area contributed by atoms with Crippen LogP contribution >= 0.6 is 0 Å². The summed E-state index contributed by atoms with van der Waals surface area (Å²) in [6.45, 7) is 2.29. The van der Waals surface area contributed by atoms with Crippen LogP contribution in [0.5, 0.6) is 0 Å². The molecular formula is C15H21N3O. The first-order valence-corrected chi connectivity index (χ1v) is 7.10. The summed E-state index contributed by atoms with van der Waals surface area (Å²) >= 11 is 0. The molecule has 3 atom stereocenters. The predicted octanol–water partition coefficient (Wildman–Crippen LogP) is 1.04. The highest BCUT2D eigenvalue weighted by molar-refractivity contribution is 5.83. The third-order valence-electron chi connectivity index (χ3n) is 4.37. The van der Waals surface area contributed by atoms with Gasteiger partial charge in [0.1, 0.15) is 6.04 Å². The Morgan fingerprint density at radius 1 is 1.26 bits per heavy atom. The second-order valence-corrected chi connectivity index (χ2v) is 5.54. The number of hydrogen-bond acceptors (Lipinski definition) is 3. The average molecular weight is 259 g/mol. The van der Waals surface area contributed by atoms with Crippen LogP contribution < -0.4 is 11.1 Å². The molecule has 2 fully saturated rings. The lowest BCUT2D eigenvalue weighted by atomic mass is 10.0. The molecule has 19 heavy (non-hydrogen) atoms. The van der Waals surface area contributed by atoms with E-state index in [-0.39, 0.29) is 11.9 Å². The van der Waals surface area contributed by atoms with E-state index >= 15 is 0 Å². The van der Waals surface area contributed by atoms with E-state index in [0.717, 1.165) is 18.5 Å². The van der Waals surface area contributed by atoms with Gasteiger partial charge in [0.05, 0.1) is 0 Å². The van der Waals surface area contributed by atoms with Crippen molar-refractivity contribution in [3.8, 4) is 0 Å². The fourth-order valence-electron chi connectivity index (χ4n) is 3.34. The van der Waals surface area contributed by atoms with E-state index in [1.807, 2.05) is 30.3 Å². The minimum atomic E-state index is -0.559. The number of carbonyl (C=O) groups excluding carboxylic acids is 1. The monoisotopic (exact) mass is 259 g/mol. The Labute approximate surface area is 114 Å². The first kappa shape index (κ1) is 12.6. The number of hydrogen-bond donors (Lipinski definition) is 2. The molecule has 4 heteroatoms. The summed E-state index contributed by atoms with van der Waals surface area (Å²) in [5, 5.41) is 3.14. The van der Waals surface area contributed by atoms with Gasteiger partial charge in [-0.2, -0.15) is 0 Å². The highest BCUT2D eigenvalue weighted by Gasteiger charge is 2.38. The smallest absolute Gasteiger partial charge is 0.241 e. The summed E-state index contributed by atoms with van der Waals surface area (Å²) < 4.78 is 0. The number of nitrogens with two attached hydrogens (primary N) is 1. The molecule has 2 aliphatic heterocycles. The quantitative estimate of drug-likeness (QED) is 0.852. The molecule has 0 bridgehead atoms. The zero-order chi connectivity index (χ0) is 13.2. The minimum Gasteiger partial charge on any atom is -0.350 e. The number of amides is 1. The maximum absolute atomic E-state index is 12.2. The fraction of sp³-hybridized carbons (Fsp3) is 0.533. The van der Waals surface area contributed by atoms with Crippen molar-refractivity contribution in [1.29, 1.82) is 0 Å². The van der Waals surface area contributed by atoms with Crippen molar-refractivity contribution in [1.82, 2.24) is 10.2 Å². The molecule has 0 radical (unpaired) electrons. The Balaban J connectivity index is 1.62. The third kappa shape index (κ3) is 2.51. The molecule has 2 heterocycles. The predicted molar refractivity (Wildman–Crippen MR) is 74.5 cm³/mol. The van der Waals surface area contributed by atoms with Crippen LogP contribution in [0.3, 0.4) is 0 Å². The van der Waals surface area contributed by atoms with Crippen LogP contribution in [0.15, 0.2) is 30.3 Å². The summed E-state index contributed by atoms with van der Waals surface area (Å²) in [5.41, 5.74) is 6.90. The zero-order valence-electron chi connectivity index (χ0n) is 11.1. The van der Waals surface area contributed by atoms with Gasteiger partial charge >= 0.3 is 0 Å². The van der Waals surface area contributed by atoms with Crippen molar-refractivity contribution in [2.75, 3.05) is 13.1 Å². The first-order valence-electron chi connectivity index (χ1n) is 7.10. The van der Waals surface area contributed by atoms with Gasteiger partial charge in [0, 0.05) is 18.6 Å². The fourth-order valence-corrected chi connectivity index (χ4v) is 3.34. The van der Waals surface area contributed by atoms with Crippen molar-refractivity contribution in [2.45, 2.75) is 37.4 Å². The standard InChI is InChI=1S/C15H21N3O/c16-14(11-5-2-1-3-6-11)15(19)17-12-8-10-18-9-4-7-13(12)18/h1-3,5-6,12-14H,4,7-10,16H2,(H,17,19)/t12?,13?,14-/m0/s1. The molecule has 3 rings (SSSR count). The maximum Gasteiger partial charge on any atom is 0.241 e. The largest absolute Gasteiger partial charge is 0.350 e. The van der Waals surface area contributed by atoms with Gasteiger partial charge in [-0.1, -0.05) is 30.3 Å². The van der Waals surface area contributed by atoms with Crippen LogP contribution in [0, 0.1) is 0 Å². The normalized spacial score (nSPS) is 28.1. The summed E-state index contributed by atoms with van der Waals surface area (Å²) in [7, 11) is 0. The van der Waals surface area contributed by atoms with Crippen molar-refractivity contribution in [2.24, 2.45) is 5.73 Å². The van der Waals surface area contributed by atoms with Crippen LogP contribution in [0.2, 0.25) is 0 Å². The molecule has 4 nitrogen and oxygen atoms in total. The molecule has 2 unspecified atom stereocenters. The molecule has 3 N–H and O–H groups in total. The van der Waals surface area contributed by atoms with Gasteiger partial charge < -0.3 is 11.1 Å². The van der Waals surface area contributed by atoms with E-state index in [1.54, 1.807) is 0 Å². The van der Waals surface area contributed by atoms with E-state index in [2.05, 4.69) is 10.2 Å². The Bertz CT molecular complexity index is 448.